The van der Waals surface area contributed by atoms with E-state index in [2.05, 4.69) is 46.7 Å². The molecular formula is C22H21Br2N3O5. The highest BCUT2D eigenvalue weighted by Gasteiger charge is 2.13. The molecule has 0 saturated carbocycles. The van der Waals surface area contributed by atoms with Gasteiger partial charge in [-0.05, 0) is 53.2 Å². The average Bonchev–Trinajstić information content (AvgIpc) is 2.79. The van der Waals surface area contributed by atoms with Gasteiger partial charge >= 0.3 is 5.97 Å². The van der Waals surface area contributed by atoms with Crippen molar-refractivity contribution in [1.29, 1.82) is 0 Å². The van der Waals surface area contributed by atoms with Crippen LogP contribution in [0.15, 0.2) is 49.2 Å². The summed E-state index contributed by atoms with van der Waals surface area (Å²) in [7, 11) is 1.29. The van der Waals surface area contributed by atoms with Crippen molar-refractivity contribution in [3.8, 4) is 11.5 Å². The van der Waals surface area contributed by atoms with Crippen molar-refractivity contribution >= 4 is 54.9 Å². The number of fused-ring (bicyclic) bond motifs is 1. The number of esters is 1. The van der Waals surface area contributed by atoms with Gasteiger partial charge in [-0.3, -0.25) is 4.79 Å². The molecule has 0 aliphatic heterocycles. The number of benzene rings is 2. The third-order valence-electron chi connectivity index (χ3n) is 4.44. The molecule has 0 N–H and O–H groups in total. The summed E-state index contributed by atoms with van der Waals surface area (Å²) in [5.74, 6) is 0.853. The number of halogens is 2. The molecule has 168 valence electrons. The Labute approximate surface area is 201 Å². The Morgan fingerprint density at radius 3 is 2.59 bits per heavy atom. The molecule has 0 fully saturated rings. The molecule has 10 heteroatoms. The van der Waals surface area contributed by atoms with Crippen LogP contribution in [0.2, 0.25) is 0 Å². The summed E-state index contributed by atoms with van der Waals surface area (Å²) >= 11 is 6.87. The van der Waals surface area contributed by atoms with Crippen LogP contribution in [-0.2, 0) is 16.0 Å². The number of methoxy groups -OCH3 is 1. The summed E-state index contributed by atoms with van der Waals surface area (Å²) in [6, 6.07) is 8.76. The molecule has 3 aromatic rings. The van der Waals surface area contributed by atoms with Gasteiger partial charge in [0.25, 0.3) is 5.56 Å². The zero-order valence-electron chi connectivity index (χ0n) is 17.7. The van der Waals surface area contributed by atoms with E-state index in [0.717, 1.165) is 4.47 Å². The molecule has 0 amide bonds. The number of aromatic nitrogens is 2. The molecule has 32 heavy (non-hydrogen) atoms. The van der Waals surface area contributed by atoms with Crippen LogP contribution >= 0.6 is 31.9 Å². The van der Waals surface area contributed by atoms with Crippen molar-refractivity contribution in [2.24, 2.45) is 5.10 Å². The number of nitrogens with zero attached hydrogens (tertiary/aromatic N) is 3. The normalized spacial score (nSPS) is 11.2. The van der Waals surface area contributed by atoms with E-state index in [1.54, 1.807) is 30.5 Å². The summed E-state index contributed by atoms with van der Waals surface area (Å²) < 4.78 is 18.5. The first-order valence-corrected chi connectivity index (χ1v) is 11.4. The quantitative estimate of drug-likeness (QED) is 0.298. The Morgan fingerprint density at radius 2 is 1.91 bits per heavy atom. The third-order valence-corrected chi connectivity index (χ3v) is 5.62. The van der Waals surface area contributed by atoms with E-state index in [-0.39, 0.29) is 12.2 Å². The Morgan fingerprint density at radius 1 is 1.16 bits per heavy atom. The maximum atomic E-state index is 13.1. The summed E-state index contributed by atoms with van der Waals surface area (Å²) in [6.45, 7) is 3.90. The molecular weight excluding hydrogens is 546 g/mol. The second-order valence-electron chi connectivity index (χ2n) is 6.52. The summed E-state index contributed by atoms with van der Waals surface area (Å²) in [6.07, 6.45) is 2.08. The SMILES string of the molecule is CCOc1cc(C=Nn2c(CC)nc3ccc(Br)cc3c2=O)c(Br)cc1OCC(=O)OC. The minimum Gasteiger partial charge on any atom is -0.490 e. The van der Waals surface area contributed by atoms with Gasteiger partial charge in [-0.1, -0.05) is 22.9 Å². The molecule has 0 atom stereocenters. The highest BCUT2D eigenvalue weighted by molar-refractivity contribution is 9.10. The molecule has 1 heterocycles. The molecule has 1 aromatic heterocycles. The lowest BCUT2D eigenvalue weighted by Gasteiger charge is -2.13. The molecule has 2 aromatic carbocycles. The number of carbonyl (C=O) groups excluding carboxylic acids is 1. The summed E-state index contributed by atoms with van der Waals surface area (Å²) in [5.41, 5.74) is 1.01. The minimum absolute atomic E-state index is 0.246. The summed E-state index contributed by atoms with van der Waals surface area (Å²) in [4.78, 5) is 29.0. The van der Waals surface area contributed by atoms with Gasteiger partial charge in [-0.25, -0.2) is 9.78 Å². The zero-order chi connectivity index (χ0) is 23.3. The number of hydrogen-bond acceptors (Lipinski definition) is 7. The van der Waals surface area contributed by atoms with Gasteiger partial charge in [0, 0.05) is 20.9 Å². The van der Waals surface area contributed by atoms with Crippen molar-refractivity contribution in [1.82, 2.24) is 9.66 Å². The van der Waals surface area contributed by atoms with Crippen LogP contribution in [0.5, 0.6) is 11.5 Å². The molecule has 0 bridgehead atoms. The molecule has 0 aliphatic carbocycles. The fourth-order valence-electron chi connectivity index (χ4n) is 2.89. The van der Waals surface area contributed by atoms with Crippen LogP contribution < -0.4 is 15.0 Å². The Kier molecular flexibility index (Phi) is 8.03. The van der Waals surface area contributed by atoms with E-state index >= 15 is 0 Å². The maximum Gasteiger partial charge on any atom is 0.343 e. The van der Waals surface area contributed by atoms with Gasteiger partial charge in [0.2, 0.25) is 0 Å². The predicted octanol–water partition coefficient (Wildman–Crippen LogP) is 4.32. The molecule has 0 unspecified atom stereocenters. The second kappa shape index (κ2) is 10.7. The van der Waals surface area contributed by atoms with Gasteiger partial charge in [-0.15, -0.1) is 0 Å². The van der Waals surface area contributed by atoms with E-state index < -0.39 is 5.97 Å². The molecule has 0 saturated heterocycles. The van der Waals surface area contributed by atoms with Crippen LogP contribution in [0.3, 0.4) is 0 Å². The predicted molar refractivity (Wildman–Crippen MR) is 129 cm³/mol. The first kappa shape index (κ1) is 23.9. The lowest BCUT2D eigenvalue weighted by atomic mass is 10.2. The Bertz CT molecular complexity index is 1240. The van der Waals surface area contributed by atoms with Gasteiger partial charge in [-0.2, -0.15) is 9.78 Å². The van der Waals surface area contributed by atoms with Crippen LogP contribution in [0, 0.1) is 0 Å². The average molecular weight is 567 g/mol. The Balaban J connectivity index is 2.02. The van der Waals surface area contributed by atoms with Gasteiger partial charge in [0.15, 0.2) is 18.1 Å². The van der Waals surface area contributed by atoms with E-state index in [1.165, 1.54) is 11.8 Å². The lowest BCUT2D eigenvalue weighted by molar-refractivity contribution is -0.142. The largest absolute Gasteiger partial charge is 0.490 e. The fraction of sp³-hybridized carbons (Fsp3) is 0.273. The van der Waals surface area contributed by atoms with E-state index in [9.17, 15) is 9.59 Å². The fourth-order valence-corrected chi connectivity index (χ4v) is 3.67. The maximum absolute atomic E-state index is 13.1. The minimum atomic E-state index is -0.504. The van der Waals surface area contributed by atoms with Gasteiger partial charge in [0.1, 0.15) is 5.82 Å². The van der Waals surface area contributed by atoms with Crippen molar-refractivity contribution < 1.29 is 19.0 Å². The van der Waals surface area contributed by atoms with E-state index in [1.807, 2.05) is 19.9 Å². The molecule has 8 nitrogen and oxygen atoms in total. The summed E-state index contributed by atoms with van der Waals surface area (Å²) in [5, 5.41) is 4.87. The third kappa shape index (κ3) is 5.36. The number of hydrogen-bond donors (Lipinski definition) is 0. The van der Waals surface area contributed by atoms with Crippen molar-refractivity contribution in [3.63, 3.8) is 0 Å². The van der Waals surface area contributed by atoms with Crippen LogP contribution in [-0.4, -0.2) is 42.2 Å². The van der Waals surface area contributed by atoms with Crippen molar-refractivity contribution in [3.05, 3.63) is 61.0 Å². The van der Waals surface area contributed by atoms with Crippen LogP contribution in [0.25, 0.3) is 10.9 Å². The van der Waals surface area contributed by atoms with E-state index in [4.69, 9.17) is 9.47 Å². The van der Waals surface area contributed by atoms with Gasteiger partial charge in [0.05, 0.1) is 30.8 Å². The molecule has 3 rings (SSSR count). The van der Waals surface area contributed by atoms with Crippen LogP contribution in [0.4, 0.5) is 0 Å². The molecule has 0 aliphatic rings. The number of carbonyl (C=O) groups is 1. The zero-order valence-corrected chi connectivity index (χ0v) is 20.9. The second-order valence-corrected chi connectivity index (χ2v) is 8.29. The monoisotopic (exact) mass is 565 g/mol. The number of rotatable bonds is 8. The molecule has 0 radical (unpaired) electrons. The van der Waals surface area contributed by atoms with Crippen molar-refractivity contribution in [2.45, 2.75) is 20.3 Å². The topological polar surface area (TPSA) is 92.0 Å². The smallest absolute Gasteiger partial charge is 0.343 e. The highest BCUT2D eigenvalue weighted by Crippen LogP contribution is 2.33. The van der Waals surface area contributed by atoms with Crippen LogP contribution in [0.1, 0.15) is 25.2 Å². The number of aryl methyl sites for hydroxylation is 1. The molecule has 0 spiro atoms. The van der Waals surface area contributed by atoms with E-state index in [0.29, 0.717) is 51.3 Å². The Hall–Kier alpha value is -2.72. The standard InChI is InChI=1S/C22H21Br2N3O5/c1-4-20-26-17-7-6-14(23)9-15(17)22(29)27(20)25-11-13-8-18(31-5-2)19(10-16(13)24)32-12-21(28)30-3/h6-11H,4-5,12H2,1-3H3. The number of ether oxygens (including phenoxy) is 3. The van der Waals surface area contributed by atoms with Gasteiger partial charge < -0.3 is 14.2 Å². The lowest BCUT2D eigenvalue weighted by Crippen LogP contribution is -2.22. The first-order chi connectivity index (χ1) is 15.4. The highest BCUT2D eigenvalue weighted by atomic mass is 79.9. The first-order valence-electron chi connectivity index (χ1n) is 9.79. The van der Waals surface area contributed by atoms with Crippen molar-refractivity contribution in [2.75, 3.05) is 20.3 Å².